The SMILES string of the molecule is CN(C(=O)CC1NC(=O)NC1=O)c1ccccc1. The largest absolute Gasteiger partial charge is 0.325 e. The van der Waals surface area contributed by atoms with E-state index >= 15 is 0 Å². The molecule has 0 saturated carbocycles. The molecule has 1 saturated heterocycles. The van der Waals surface area contributed by atoms with Crippen molar-refractivity contribution in [2.75, 3.05) is 11.9 Å². The zero-order chi connectivity index (χ0) is 13.1. The van der Waals surface area contributed by atoms with Crippen molar-refractivity contribution in [3.05, 3.63) is 30.3 Å². The number of imide groups is 1. The predicted octanol–water partition coefficient (Wildman–Crippen LogP) is 0.247. The van der Waals surface area contributed by atoms with Crippen LogP contribution < -0.4 is 15.5 Å². The number of carbonyl (C=O) groups excluding carboxylic acids is 3. The van der Waals surface area contributed by atoms with E-state index in [9.17, 15) is 14.4 Å². The lowest BCUT2D eigenvalue weighted by atomic mass is 10.2. The van der Waals surface area contributed by atoms with E-state index < -0.39 is 18.0 Å². The Kier molecular flexibility index (Phi) is 3.27. The molecule has 4 amide bonds. The molecule has 2 N–H and O–H groups in total. The second kappa shape index (κ2) is 4.87. The average Bonchev–Trinajstić information content (AvgIpc) is 2.68. The third-order valence-corrected chi connectivity index (χ3v) is 2.75. The van der Waals surface area contributed by atoms with Crippen LogP contribution in [0.5, 0.6) is 0 Å². The van der Waals surface area contributed by atoms with Gasteiger partial charge in [-0.3, -0.25) is 14.9 Å². The molecule has 1 fully saturated rings. The average molecular weight is 247 g/mol. The van der Waals surface area contributed by atoms with Gasteiger partial charge in [-0.25, -0.2) is 4.79 Å². The van der Waals surface area contributed by atoms with Crippen molar-refractivity contribution < 1.29 is 14.4 Å². The van der Waals surface area contributed by atoms with E-state index in [4.69, 9.17) is 0 Å². The topological polar surface area (TPSA) is 78.5 Å². The van der Waals surface area contributed by atoms with Gasteiger partial charge in [-0.05, 0) is 12.1 Å². The fourth-order valence-electron chi connectivity index (χ4n) is 1.71. The summed E-state index contributed by atoms with van der Waals surface area (Å²) in [5.41, 5.74) is 0.743. The van der Waals surface area contributed by atoms with Crippen LogP contribution in [-0.4, -0.2) is 30.9 Å². The molecule has 1 aromatic rings. The molecule has 0 bridgehead atoms. The molecule has 18 heavy (non-hydrogen) atoms. The first-order valence-corrected chi connectivity index (χ1v) is 5.51. The second-order valence-corrected chi connectivity index (χ2v) is 4.01. The van der Waals surface area contributed by atoms with Crippen LogP contribution in [0.15, 0.2) is 30.3 Å². The van der Waals surface area contributed by atoms with Gasteiger partial charge < -0.3 is 10.2 Å². The number of carbonyl (C=O) groups is 3. The molecule has 1 unspecified atom stereocenters. The van der Waals surface area contributed by atoms with Gasteiger partial charge in [0.25, 0.3) is 5.91 Å². The van der Waals surface area contributed by atoms with Crippen molar-refractivity contribution in [3.8, 4) is 0 Å². The van der Waals surface area contributed by atoms with Crippen LogP contribution >= 0.6 is 0 Å². The normalized spacial score (nSPS) is 18.2. The summed E-state index contributed by atoms with van der Waals surface area (Å²) in [6.45, 7) is 0. The zero-order valence-electron chi connectivity index (χ0n) is 9.84. The Hall–Kier alpha value is -2.37. The van der Waals surface area contributed by atoms with E-state index in [1.54, 1.807) is 19.2 Å². The number of nitrogens with zero attached hydrogens (tertiary/aromatic N) is 1. The van der Waals surface area contributed by atoms with Crippen LogP contribution in [-0.2, 0) is 9.59 Å². The molecular formula is C12H13N3O3. The molecule has 6 heteroatoms. The van der Waals surface area contributed by atoms with Crippen molar-refractivity contribution in [2.45, 2.75) is 12.5 Å². The van der Waals surface area contributed by atoms with Crippen LogP contribution in [0.3, 0.4) is 0 Å². The van der Waals surface area contributed by atoms with Crippen molar-refractivity contribution in [1.82, 2.24) is 10.6 Å². The maximum Gasteiger partial charge on any atom is 0.322 e. The molecule has 0 spiro atoms. The highest BCUT2D eigenvalue weighted by Gasteiger charge is 2.32. The Morgan fingerprint density at radius 1 is 1.28 bits per heavy atom. The maximum absolute atomic E-state index is 11.9. The quantitative estimate of drug-likeness (QED) is 0.751. The third kappa shape index (κ3) is 2.48. The fraction of sp³-hybridized carbons (Fsp3) is 0.250. The van der Waals surface area contributed by atoms with Gasteiger partial charge in [0.1, 0.15) is 6.04 Å². The number of hydrogen-bond donors (Lipinski definition) is 2. The lowest BCUT2D eigenvalue weighted by Gasteiger charge is -2.18. The summed E-state index contributed by atoms with van der Waals surface area (Å²) in [4.78, 5) is 35.6. The predicted molar refractivity (Wildman–Crippen MR) is 64.9 cm³/mol. The molecule has 6 nitrogen and oxygen atoms in total. The summed E-state index contributed by atoms with van der Waals surface area (Å²) < 4.78 is 0. The Morgan fingerprint density at radius 2 is 1.94 bits per heavy atom. The molecule has 1 aliphatic rings. The second-order valence-electron chi connectivity index (χ2n) is 4.01. The first kappa shape index (κ1) is 12.1. The summed E-state index contributed by atoms with van der Waals surface area (Å²) in [6.07, 6.45) is -0.0526. The van der Waals surface area contributed by atoms with Crippen LogP contribution in [0, 0.1) is 0 Å². The molecule has 1 atom stereocenters. The summed E-state index contributed by atoms with van der Waals surface area (Å²) in [7, 11) is 1.63. The van der Waals surface area contributed by atoms with E-state index in [0.717, 1.165) is 5.69 Å². The van der Waals surface area contributed by atoms with Crippen LogP contribution in [0.1, 0.15) is 6.42 Å². The Balaban J connectivity index is 2.00. The van der Waals surface area contributed by atoms with Crippen molar-refractivity contribution >= 4 is 23.5 Å². The van der Waals surface area contributed by atoms with Gasteiger partial charge in [-0.15, -0.1) is 0 Å². The highest BCUT2D eigenvalue weighted by atomic mass is 16.2. The van der Waals surface area contributed by atoms with E-state index in [1.165, 1.54) is 4.90 Å². The Morgan fingerprint density at radius 3 is 2.50 bits per heavy atom. The number of amides is 4. The van der Waals surface area contributed by atoms with Gasteiger partial charge in [0.15, 0.2) is 0 Å². The highest BCUT2D eigenvalue weighted by Crippen LogP contribution is 2.13. The maximum atomic E-state index is 11.9. The summed E-state index contributed by atoms with van der Waals surface area (Å²) in [6, 6.07) is 7.76. The standard InChI is InChI=1S/C12H13N3O3/c1-15(8-5-3-2-4-6-8)10(16)7-9-11(17)14-12(18)13-9/h2-6,9H,7H2,1H3,(H2,13,14,17,18). The van der Waals surface area contributed by atoms with Gasteiger partial charge in [0, 0.05) is 12.7 Å². The third-order valence-electron chi connectivity index (χ3n) is 2.75. The molecule has 0 aromatic heterocycles. The minimum atomic E-state index is -0.781. The fourth-order valence-corrected chi connectivity index (χ4v) is 1.71. The van der Waals surface area contributed by atoms with Gasteiger partial charge in [-0.1, -0.05) is 18.2 Å². The molecule has 0 radical (unpaired) electrons. The molecule has 1 heterocycles. The van der Waals surface area contributed by atoms with Crippen LogP contribution in [0.4, 0.5) is 10.5 Å². The van der Waals surface area contributed by atoms with Crippen molar-refractivity contribution in [3.63, 3.8) is 0 Å². The first-order chi connectivity index (χ1) is 8.58. The van der Waals surface area contributed by atoms with E-state index in [1.807, 2.05) is 18.2 Å². The van der Waals surface area contributed by atoms with E-state index in [0.29, 0.717) is 0 Å². The number of nitrogens with one attached hydrogen (secondary N) is 2. The van der Waals surface area contributed by atoms with Crippen molar-refractivity contribution in [1.29, 1.82) is 0 Å². The molecule has 1 aromatic carbocycles. The minimum absolute atomic E-state index is 0.0526. The van der Waals surface area contributed by atoms with Crippen LogP contribution in [0.25, 0.3) is 0 Å². The van der Waals surface area contributed by atoms with Gasteiger partial charge in [-0.2, -0.15) is 0 Å². The van der Waals surface area contributed by atoms with E-state index in [2.05, 4.69) is 10.6 Å². The molecule has 2 rings (SSSR count). The smallest absolute Gasteiger partial charge is 0.322 e. The molecule has 0 aliphatic carbocycles. The molecule has 1 aliphatic heterocycles. The molecule has 94 valence electrons. The summed E-state index contributed by atoms with van der Waals surface area (Å²) >= 11 is 0. The number of benzene rings is 1. The number of urea groups is 1. The summed E-state index contributed by atoms with van der Waals surface area (Å²) in [5, 5.41) is 4.48. The first-order valence-electron chi connectivity index (χ1n) is 5.51. The lowest BCUT2D eigenvalue weighted by Crippen LogP contribution is -2.37. The number of hydrogen-bond acceptors (Lipinski definition) is 3. The number of para-hydroxylation sites is 1. The minimum Gasteiger partial charge on any atom is -0.325 e. The highest BCUT2D eigenvalue weighted by molar-refractivity contribution is 6.07. The Bertz CT molecular complexity index is 487. The Labute approximate surface area is 104 Å². The zero-order valence-corrected chi connectivity index (χ0v) is 9.84. The molecular weight excluding hydrogens is 234 g/mol. The van der Waals surface area contributed by atoms with Gasteiger partial charge in [0.05, 0.1) is 6.42 Å². The van der Waals surface area contributed by atoms with E-state index in [-0.39, 0.29) is 12.3 Å². The van der Waals surface area contributed by atoms with Crippen LogP contribution in [0.2, 0.25) is 0 Å². The number of rotatable bonds is 3. The van der Waals surface area contributed by atoms with Gasteiger partial charge in [0.2, 0.25) is 5.91 Å². The van der Waals surface area contributed by atoms with Gasteiger partial charge >= 0.3 is 6.03 Å². The monoisotopic (exact) mass is 247 g/mol. The van der Waals surface area contributed by atoms with Crippen molar-refractivity contribution in [2.24, 2.45) is 0 Å². The number of anilines is 1. The lowest BCUT2D eigenvalue weighted by molar-refractivity contribution is -0.124. The summed E-state index contributed by atoms with van der Waals surface area (Å²) in [5.74, 6) is -0.696.